The molecule has 1 aliphatic heterocycles. The Hall–Kier alpha value is -3.81. The van der Waals surface area contributed by atoms with Crippen molar-refractivity contribution in [1.82, 2.24) is 9.88 Å². The predicted octanol–water partition coefficient (Wildman–Crippen LogP) is 7.45. The number of aromatic nitrogens is 1. The van der Waals surface area contributed by atoms with Crippen LogP contribution in [0.1, 0.15) is 42.8 Å². The second-order valence-corrected chi connectivity index (χ2v) is 8.61. The molecule has 2 amide bonds. The number of hydrogen-bond acceptors (Lipinski definition) is 3. The zero-order chi connectivity index (χ0) is 24.6. The molecule has 3 aromatic carbocycles. The zero-order valence-corrected chi connectivity index (χ0v) is 19.1. The van der Waals surface area contributed by atoms with E-state index in [1.807, 2.05) is 24.3 Å². The summed E-state index contributed by atoms with van der Waals surface area (Å²) in [6.07, 6.45) is -2.05. The van der Waals surface area contributed by atoms with Crippen LogP contribution >= 0.6 is 0 Å². The number of hydrogen-bond donors (Lipinski definition) is 1. The quantitative estimate of drug-likeness (QED) is 0.331. The summed E-state index contributed by atoms with van der Waals surface area (Å²) in [7, 11) is 0. The number of rotatable bonds is 4. The Bertz CT molecular complexity index is 1360. The molecule has 0 saturated carbocycles. The molecule has 4 aromatic rings. The van der Waals surface area contributed by atoms with Gasteiger partial charge in [0.2, 0.25) is 5.89 Å². The van der Waals surface area contributed by atoms with Gasteiger partial charge >= 0.3 is 12.2 Å². The number of anilines is 1. The highest BCUT2D eigenvalue weighted by Gasteiger charge is 2.35. The number of carbonyl (C=O) groups excluding carboxylic acids is 1. The van der Waals surface area contributed by atoms with Crippen molar-refractivity contribution in [3.63, 3.8) is 0 Å². The van der Waals surface area contributed by atoms with Crippen LogP contribution in [0, 0.1) is 0 Å². The third-order valence-corrected chi connectivity index (χ3v) is 6.36. The molecule has 35 heavy (non-hydrogen) atoms. The molecular formula is C27H24F3N3O2. The smallest absolute Gasteiger partial charge is 0.417 e. The number of urea groups is 1. The number of alkyl halides is 3. The third kappa shape index (κ3) is 4.60. The van der Waals surface area contributed by atoms with Crippen molar-refractivity contribution in [2.45, 2.75) is 38.4 Å². The fourth-order valence-corrected chi connectivity index (χ4v) is 4.52. The average molecular weight is 480 g/mol. The SMILES string of the molecule is CCc1ccc(NC(=O)N2CCC[C@@H]2c2nc3cc(-c4ccccc4C(F)(F)F)ccc3o2)cc1. The van der Waals surface area contributed by atoms with E-state index in [0.717, 1.165) is 18.9 Å². The monoisotopic (exact) mass is 479 g/mol. The molecule has 0 aliphatic carbocycles. The number of carbonyl (C=O) groups is 1. The lowest BCUT2D eigenvalue weighted by Crippen LogP contribution is -2.34. The van der Waals surface area contributed by atoms with Gasteiger partial charge in [-0.1, -0.05) is 43.3 Å². The Labute approximate surface area is 200 Å². The van der Waals surface area contributed by atoms with E-state index in [1.165, 1.54) is 17.7 Å². The van der Waals surface area contributed by atoms with Crippen molar-refractivity contribution >= 4 is 22.8 Å². The fraction of sp³-hybridized carbons (Fsp3) is 0.259. The van der Waals surface area contributed by atoms with Gasteiger partial charge in [0.1, 0.15) is 11.6 Å². The van der Waals surface area contributed by atoms with Gasteiger partial charge in [-0.15, -0.1) is 0 Å². The normalized spacial score (nSPS) is 16.1. The molecule has 0 spiro atoms. The van der Waals surface area contributed by atoms with Crippen LogP contribution < -0.4 is 5.32 Å². The molecule has 2 heterocycles. The van der Waals surface area contributed by atoms with Gasteiger partial charge in [-0.25, -0.2) is 9.78 Å². The molecule has 1 saturated heterocycles. The van der Waals surface area contributed by atoms with Crippen molar-refractivity contribution in [3.05, 3.63) is 83.7 Å². The Morgan fingerprint density at radius 2 is 1.89 bits per heavy atom. The maximum absolute atomic E-state index is 13.5. The number of likely N-dealkylation sites (tertiary alicyclic amines) is 1. The van der Waals surface area contributed by atoms with Crippen LogP contribution in [0.4, 0.5) is 23.7 Å². The van der Waals surface area contributed by atoms with E-state index >= 15 is 0 Å². The first-order chi connectivity index (χ1) is 16.8. The highest BCUT2D eigenvalue weighted by molar-refractivity contribution is 5.90. The first-order valence-electron chi connectivity index (χ1n) is 11.6. The van der Waals surface area contributed by atoms with Crippen LogP contribution in [0.2, 0.25) is 0 Å². The fourth-order valence-electron chi connectivity index (χ4n) is 4.52. The number of halogens is 3. The van der Waals surface area contributed by atoms with E-state index in [9.17, 15) is 18.0 Å². The summed E-state index contributed by atoms with van der Waals surface area (Å²) >= 11 is 0. The predicted molar refractivity (Wildman–Crippen MR) is 128 cm³/mol. The molecule has 180 valence electrons. The lowest BCUT2D eigenvalue weighted by molar-refractivity contribution is -0.137. The molecule has 1 aliphatic rings. The van der Waals surface area contributed by atoms with Crippen LogP contribution in [0.3, 0.4) is 0 Å². The van der Waals surface area contributed by atoms with Gasteiger partial charge < -0.3 is 14.6 Å². The van der Waals surface area contributed by atoms with Gasteiger partial charge in [0.15, 0.2) is 5.58 Å². The second kappa shape index (κ2) is 9.09. The van der Waals surface area contributed by atoms with Crippen LogP contribution in [-0.4, -0.2) is 22.5 Å². The summed E-state index contributed by atoms with van der Waals surface area (Å²) in [6.45, 7) is 2.63. The summed E-state index contributed by atoms with van der Waals surface area (Å²) in [5, 5.41) is 2.93. The molecule has 5 rings (SSSR count). The van der Waals surface area contributed by atoms with Crippen molar-refractivity contribution < 1.29 is 22.4 Å². The number of amides is 2. The van der Waals surface area contributed by atoms with Gasteiger partial charge in [0.25, 0.3) is 0 Å². The number of aryl methyl sites for hydroxylation is 1. The molecule has 0 radical (unpaired) electrons. The van der Waals surface area contributed by atoms with E-state index in [-0.39, 0.29) is 17.6 Å². The van der Waals surface area contributed by atoms with E-state index in [0.29, 0.717) is 41.2 Å². The third-order valence-electron chi connectivity index (χ3n) is 6.36. The molecule has 0 bridgehead atoms. The van der Waals surface area contributed by atoms with Crippen molar-refractivity contribution in [1.29, 1.82) is 0 Å². The first-order valence-corrected chi connectivity index (χ1v) is 11.6. The number of nitrogens with one attached hydrogen (secondary N) is 1. The summed E-state index contributed by atoms with van der Waals surface area (Å²) in [4.78, 5) is 19.2. The topological polar surface area (TPSA) is 58.4 Å². The summed E-state index contributed by atoms with van der Waals surface area (Å²) in [5.41, 5.74) is 2.61. The molecule has 0 unspecified atom stereocenters. The van der Waals surface area contributed by atoms with Crippen LogP contribution in [-0.2, 0) is 12.6 Å². The van der Waals surface area contributed by atoms with Crippen molar-refractivity contribution in [3.8, 4) is 11.1 Å². The van der Waals surface area contributed by atoms with Crippen molar-refractivity contribution in [2.75, 3.05) is 11.9 Å². The van der Waals surface area contributed by atoms with Gasteiger partial charge in [-0.3, -0.25) is 0 Å². The molecule has 1 aromatic heterocycles. The minimum absolute atomic E-state index is 0.0856. The standard InChI is InChI=1S/C27H24F3N3O2/c1-2-17-9-12-19(13-10-17)31-26(34)33-15-5-8-23(33)25-32-22-16-18(11-14-24(22)35-25)20-6-3-4-7-21(20)27(28,29)30/h3-4,6-7,9-14,16,23H,2,5,8,15H2,1H3,(H,31,34)/t23-/m1/s1. The van der Waals surface area contributed by atoms with E-state index in [1.54, 1.807) is 29.2 Å². The van der Waals surface area contributed by atoms with Crippen molar-refractivity contribution in [2.24, 2.45) is 0 Å². The molecular weight excluding hydrogens is 455 g/mol. The van der Waals surface area contributed by atoms with Gasteiger partial charge in [0.05, 0.1) is 5.56 Å². The Kier molecular flexibility index (Phi) is 5.96. The largest absolute Gasteiger partial charge is 0.438 e. The average Bonchev–Trinajstić information content (AvgIpc) is 3.50. The van der Waals surface area contributed by atoms with Crippen LogP contribution in [0.15, 0.2) is 71.1 Å². The Morgan fingerprint density at radius 1 is 1.11 bits per heavy atom. The number of benzene rings is 3. The van der Waals surface area contributed by atoms with Crippen LogP contribution in [0.5, 0.6) is 0 Å². The highest BCUT2D eigenvalue weighted by Crippen LogP contribution is 2.39. The van der Waals surface area contributed by atoms with Gasteiger partial charge in [-0.05, 0) is 66.3 Å². The summed E-state index contributed by atoms with van der Waals surface area (Å²) < 4.78 is 46.4. The molecule has 1 atom stereocenters. The molecule has 8 heteroatoms. The Balaban J connectivity index is 1.40. The van der Waals surface area contributed by atoms with Gasteiger partial charge in [0, 0.05) is 12.2 Å². The number of nitrogens with zero attached hydrogens (tertiary/aromatic N) is 2. The number of oxazole rings is 1. The van der Waals surface area contributed by atoms with E-state index in [4.69, 9.17) is 4.42 Å². The highest BCUT2D eigenvalue weighted by atomic mass is 19.4. The molecule has 1 N–H and O–H groups in total. The maximum atomic E-state index is 13.5. The Morgan fingerprint density at radius 3 is 2.63 bits per heavy atom. The van der Waals surface area contributed by atoms with E-state index in [2.05, 4.69) is 17.2 Å². The first kappa shape index (κ1) is 23.0. The van der Waals surface area contributed by atoms with E-state index < -0.39 is 11.7 Å². The summed E-state index contributed by atoms with van der Waals surface area (Å²) in [5.74, 6) is 0.384. The lowest BCUT2D eigenvalue weighted by atomic mass is 9.99. The maximum Gasteiger partial charge on any atom is 0.417 e. The number of fused-ring (bicyclic) bond motifs is 1. The van der Waals surface area contributed by atoms with Crippen LogP contribution in [0.25, 0.3) is 22.2 Å². The summed E-state index contributed by atoms with van der Waals surface area (Å²) in [6, 6.07) is 17.4. The minimum atomic E-state index is -4.46. The lowest BCUT2D eigenvalue weighted by Gasteiger charge is -2.22. The zero-order valence-electron chi connectivity index (χ0n) is 19.1. The second-order valence-electron chi connectivity index (χ2n) is 8.61. The van der Waals surface area contributed by atoms with Gasteiger partial charge in [-0.2, -0.15) is 13.2 Å². The molecule has 5 nitrogen and oxygen atoms in total. The molecule has 1 fully saturated rings. The minimum Gasteiger partial charge on any atom is -0.438 e.